The van der Waals surface area contributed by atoms with E-state index in [4.69, 9.17) is 17.0 Å². The van der Waals surface area contributed by atoms with Gasteiger partial charge in [0.2, 0.25) is 0 Å². The third-order valence-corrected chi connectivity index (χ3v) is 5.23. The van der Waals surface area contributed by atoms with Crippen LogP contribution in [-0.2, 0) is 11.4 Å². The molecule has 0 atom stereocenters. The molecular formula is C20H19NO2S2. The van der Waals surface area contributed by atoms with Crippen LogP contribution in [0.5, 0.6) is 5.75 Å². The van der Waals surface area contributed by atoms with Crippen molar-refractivity contribution in [3.05, 3.63) is 70.1 Å². The maximum absolute atomic E-state index is 12.2. The van der Waals surface area contributed by atoms with Crippen molar-refractivity contribution in [1.29, 1.82) is 0 Å². The highest BCUT2D eigenvalue weighted by molar-refractivity contribution is 8.26. The number of carbonyl (C=O) groups is 1. The molecule has 3 nitrogen and oxygen atoms in total. The molecule has 5 heteroatoms. The second-order valence-corrected chi connectivity index (χ2v) is 7.45. The van der Waals surface area contributed by atoms with E-state index in [2.05, 4.69) is 25.1 Å². The average Bonchev–Trinajstić information content (AvgIpc) is 2.87. The molecule has 0 N–H and O–H groups in total. The van der Waals surface area contributed by atoms with Crippen molar-refractivity contribution in [3.8, 4) is 5.75 Å². The summed E-state index contributed by atoms with van der Waals surface area (Å²) in [6.45, 7) is 5.14. The number of ether oxygens (including phenoxy) is 1. The molecule has 128 valence electrons. The van der Waals surface area contributed by atoms with Gasteiger partial charge in [0.25, 0.3) is 5.91 Å². The van der Waals surface area contributed by atoms with Crippen LogP contribution in [0.25, 0.3) is 6.08 Å². The standard InChI is InChI=1S/C20H19NO2S2/c1-3-21-19(22)18(25-20(21)24)12-15-7-9-17(10-8-15)23-13-16-6-4-5-14(2)11-16/h4-12H,3,13H2,1-2H3/b18-12-. The van der Waals surface area contributed by atoms with Gasteiger partial charge in [-0.2, -0.15) is 0 Å². The van der Waals surface area contributed by atoms with Crippen molar-refractivity contribution in [2.45, 2.75) is 20.5 Å². The van der Waals surface area contributed by atoms with E-state index in [0.717, 1.165) is 16.9 Å². The van der Waals surface area contributed by atoms with Crippen molar-refractivity contribution in [1.82, 2.24) is 4.90 Å². The second kappa shape index (κ2) is 7.85. The first-order valence-electron chi connectivity index (χ1n) is 8.10. The first kappa shape index (κ1) is 17.7. The molecule has 2 aromatic rings. The van der Waals surface area contributed by atoms with Crippen molar-refractivity contribution in [2.24, 2.45) is 0 Å². The molecule has 1 heterocycles. The number of thioether (sulfide) groups is 1. The fourth-order valence-corrected chi connectivity index (χ4v) is 3.94. The molecule has 1 aliphatic rings. The molecule has 0 radical (unpaired) electrons. The zero-order chi connectivity index (χ0) is 17.8. The lowest BCUT2D eigenvalue weighted by atomic mass is 10.1. The lowest BCUT2D eigenvalue weighted by Gasteiger charge is -2.09. The molecule has 1 saturated heterocycles. The van der Waals surface area contributed by atoms with Crippen molar-refractivity contribution >= 4 is 40.3 Å². The summed E-state index contributed by atoms with van der Waals surface area (Å²) < 4.78 is 6.44. The third-order valence-electron chi connectivity index (χ3n) is 3.86. The van der Waals surface area contributed by atoms with Gasteiger partial charge in [-0.1, -0.05) is 65.9 Å². The first-order chi connectivity index (χ1) is 12.1. The highest BCUT2D eigenvalue weighted by atomic mass is 32.2. The topological polar surface area (TPSA) is 29.5 Å². The van der Waals surface area contributed by atoms with E-state index in [-0.39, 0.29) is 5.91 Å². The van der Waals surface area contributed by atoms with E-state index in [1.54, 1.807) is 4.90 Å². The van der Waals surface area contributed by atoms with E-state index >= 15 is 0 Å². The smallest absolute Gasteiger partial charge is 0.266 e. The van der Waals surface area contributed by atoms with Gasteiger partial charge >= 0.3 is 0 Å². The average molecular weight is 370 g/mol. The number of amides is 1. The van der Waals surface area contributed by atoms with Crippen LogP contribution < -0.4 is 4.74 Å². The Morgan fingerprint density at radius 3 is 2.60 bits per heavy atom. The normalized spacial score (nSPS) is 15.9. The second-order valence-electron chi connectivity index (χ2n) is 5.77. The minimum atomic E-state index is -0.0164. The largest absolute Gasteiger partial charge is 0.489 e. The number of rotatable bonds is 5. The third kappa shape index (κ3) is 4.30. The maximum Gasteiger partial charge on any atom is 0.266 e. The fraction of sp³-hybridized carbons (Fsp3) is 0.200. The van der Waals surface area contributed by atoms with Crippen molar-refractivity contribution in [3.63, 3.8) is 0 Å². The van der Waals surface area contributed by atoms with Gasteiger partial charge in [0.1, 0.15) is 16.7 Å². The number of hydrogen-bond donors (Lipinski definition) is 0. The Morgan fingerprint density at radius 1 is 1.20 bits per heavy atom. The van der Waals surface area contributed by atoms with Crippen molar-refractivity contribution in [2.75, 3.05) is 6.54 Å². The lowest BCUT2D eigenvalue weighted by Crippen LogP contribution is -2.27. The molecule has 0 aromatic heterocycles. The lowest BCUT2D eigenvalue weighted by molar-refractivity contribution is -0.121. The van der Waals surface area contributed by atoms with Crippen LogP contribution in [0, 0.1) is 6.92 Å². The van der Waals surface area contributed by atoms with Gasteiger partial charge in [0, 0.05) is 6.54 Å². The van der Waals surface area contributed by atoms with Crippen LogP contribution in [0.4, 0.5) is 0 Å². The molecule has 1 aliphatic heterocycles. The molecule has 1 fully saturated rings. The zero-order valence-corrected chi connectivity index (χ0v) is 15.8. The van der Waals surface area contributed by atoms with E-state index in [1.807, 2.05) is 43.3 Å². The fourth-order valence-electron chi connectivity index (χ4n) is 2.55. The Morgan fingerprint density at radius 2 is 1.96 bits per heavy atom. The number of thiocarbonyl (C=S) groups is 1. The summed E-state index contributed by atoms with van der Waals surface area (Å²) in [5, 5.41) is 0. The van der Waals surface area contributed by atoms with Crippen LogP contribution in [0.1, 0.15) is 23.6 Å². The Bertz CT molecular complexity index is 828. The van der Waals surface area contributed by atoms with Gasteiger partial charge in [-0.3, -0.25) is 9.69 Å². The minimum absolute atomic E-state index is 0.0164. The molecule has 2 aromatic carbocycles. The predicted octanol–water partition coefficient (Wildman–Crippen LogP) is 4.80. The quantitative estimate of drug-likeness (QED) is 0.559. The van der Waals surface area contributed by atoms with Crippen LogP contribution in [0.2, 0.25) is 0 Å². The summed E-state index contributed by atoms with van der Waals surface area (Å²) in [5.74, 6) is 0.789. The maximum atomic E-state index is 12.2. The first-order valence-corrected chi connectivity index (χ1v) is 9.33. The monoisotopic (exact) mass is 369 g/mol. The zero-order valence-electron chi connectivity index (χ0n) is 14.2. The van der Waals surface area contributed by atoms with Gasteiger partial charge in [0.15, 0.2) is 0 Å². The summed E-state index contributed by atoms with van der Waals surface area (Å²) >= 11 is 6.58. The number of nitrogens with zero attached hydrogens (tertiary/aromatic N) is 1. The van der Waals surface area contributed by atoms with Crippen LogP contribution in [0.15, 0.2) is 53.4 Å². The molecule has 0 aliphatic carbocycles. The minimum Gasteiger partial charge on any atom is -0.489 e. The number of carbonyl (C=O) groups excluding carboxylic acids is 1. The SMILES string of the molecule is CCN1C(=O)/C(=C/c2ccc(OCc3cccc(C)c3)cc2)SC1=S. The van der Waals surface area contributed by atoms with Gasteiger partial charge in [-0.25, -0.2) is 0 Å². The van der Waals surface area contributed by atoms with E-state index in [1.165, 1.54) is 17.3 Å². The molecular weight excluding hydrogens is 350 g/mol. The Balaban J connectivity index is 1.65. The summed E-state index contributed by atoms with van der Waals surface area (Å²) in [6, 6.07) is 16.0. The Labute approximate surface area is 157 Å². The van der Waals surface area contributed by atoms with E-state index < -0.39 is 0 Å². The van der Waals surface area contributed by atoms with E-state index in [9.17, 15) is 4.79 Å². The number of aryl methyl sites for hydroxylation is 1. The summed E-state index contributed by atoms with van der Waals surface area (Å²) in [4.78, 5) is 14.5. The predicted molar refractivity (Wildman–Crippen MR) is 108 cm³/mol. The van der Waals surface area contributed by atoms with Crippen molar-refractivity contribution < 1.29 is 9.53 Å². The summed E-state index contributed by atoms with van der Waals surface area (Å²) in [7, 11) is 0. The molecule has 3 rings (SSSR count). The van der Waals surface area contributed by atoms with E-state index in [0.29, 0.717) is 22.4 Å². The molecule has 1 amide bonds. The Kier molecular flexibility index (Phi) is 5.56. The van der Waals surface area contributed by atoms with Crippen LogP contribution in [-0.4, -0.2) is 21.7 Å². The molecule has 0 saturated carbocycles. The number of likely N-dealkylation sites (N-methyl/N-ethyl adjacent to an activating group) is 1. The molecule has 0 spiro atoms. The Hall–Kier alpha value is -2.11. The highest BCUT2D eigenvalue weighted by Gasteiger charge is 2.30. The summed E-state index contributed by atoms with van der Waals surface area (Å²) in [6.07, 6.45) is 1.87. The van der Waals surface area contributed by atoms with Gasteiger partial charge in [-0.05, 0) is 43.2 Å². The van der Waals surface area contributed by atoms with Crippen LogP contribution in [0.3, 0.4) is 0 Å². The molecule has 0 unspecified atom stereocenters. The highest BCUT2D eigenvalue weighted by Crippen LogP contribution is 2.32. The van der Waals surface area contributed by atoms with Gasteiger partial charge in [-0.15, -0.1) is 0 Å². The number of hydrogen-bond acceptors (Lipinski definition) is 4. The number of benzene rings is 2. The van der Waals surface area contributed by atoms with Crippen LogP contribution >= 0.6 is 24.0 Å². The van der Waals surface area contributed by atoms with Gasteiger partial charge in [0.05, 0.1) is 4.91 Å². The molecule has 0 bridgehead atoms. The molecule has 25 heavy (non-hydrogen) atoms. The summed E-state index contributed by atoms with van der Waals surface area (Å²) in [5.41, 5.74) is 3.33. The van der Waals surface area contributed by atoms with Gasteiger partial charge < -0.3 is 4.74 Å².